The van der Waals surface area contributed by atoms with Gasteiger partial charge in [0.1, 0.15) is 12.4 Å². The Morgan fingerprint density at radius 3 is 1.96 bits per heavy atom. The molecule has 0 unspecified atom stereocenters. The molecule has 5 nitrogen and oxygen atoms in total. The number of nitrogens with one attached hydrogen (secondary N) is 1. The molecule has 1 aromatic carbocycles. The van der Waals surface area contributed by atoms with Gasteiger partial charge in [0.05, 0.1) is 33.0 Å². The summed E-state index contributed by atoms with van der Waals surface area (Å²) in [6.45, 7) is 8.75. The van der Waals surface area contributed by atoms with Crippen molar-refractivity contribution in [2.45, 2.75) is 32.1 Å². The van der Waals surface area contributed by atoms with Crippen LogP contribution < -0.4 is 10.1 Å². The van der Waals surface area contributed by atoms with Crippen LogP contribution in [0, 0.1) is 0 Å². The first-order valence-electron chi connectivity index (χ1n) is 9.57. The second kappa shape index (κ2) is 13.1. The molecular weight excluding hydrogens is 318 g/mol. The van der Waals surface area contributed by atoms with Gasteiger partial charge in [0.2, 0.25) is 0 Å². The smallest absolute Gasteiger partial charge is 0.119 e. The maximum atomic E-state index is 5.72. The third kappa shape index (κ3) is 8.68. The van der Waals surface area contributed by atoms with E-state index in [1.54, 1.807) is 0 Å². The highest BCUT2D eigenvalue weighted by Gasteiger charge is 2.14. The molecule has 1 fully saturated rings. The van der Waals surface area contributed by atoms with E-state index in [0.29, 0.717) is 45.6 Å². The second-order valence-electron chi connectivity index (χ2n) is 6.28. The number of hydrogen-bond donors (Lipinski definition) is 1. The van der Waals surface area contributed by atoms with Crippen LogP contribution in [0.15, 0.2) is 24.3 Å². The first-order valence-corrected chi connectivity index (χ1v) is 9.57. The van der Waals surface area contributed by atoms with Crippen LogP contribution in [-0.4, -0.2) is 59.3 Å². The van der Waals surface area contributed by atoms with Crippen molar-refractivity contribution >= 4 is 0 Å². The monoisotopic (exact) mass is 351 g/mol. The Labute approximate surface area is 152 Å². The minimum Gasteiger partial charge on any atom is -0.491 e. The lowest BCUT2D eigenvalue weighted by atomic mass is 9.90. The van der Waals surface area contributed by atoms with Crippen LogP contribution in [-0.2, 0) is 14.2 Å². The summed E-state index contributed by atoms with van der Waals surface area (Å²) >= 11 is 0. The Morgan fingerprint density at radius 2 is 1.36 bits per heavy atom. The minimum absolute atomic E-state index is 0.562. The van der Waals surface area contributed by atoms with E-state index in [2.05, 4.69) is 36.5 Å². The number of hydrogen-bond acceptors (Lipinski definition) is 5. The van der Waals surface area contributed by atoms with Crippen molar-refractivity contribution in [2.75, 3.05) is 59.3 Å². The van der Waals surface area contributed by atoms with Crippen molar-refractivity contribution in [3.05, 3.63) is 29.8 Å². The largest absolute Gasteiger partial charge is 0.491 e. The van der Waals surface area contributed by atoms with E-state index >= 15 is 0 Å². The van der Waals surface area contributed by atoms with E-state index in [-0.39, 0.29) is 0 Å². The molecule has 2 rings (SSSR count). The summed E-state index contributed by atoms with van der Waals surface area (Å²) in [5.41, 5.74) is 1.42. The van der Waals surface area contributed by atoms with Gasteiger partial charge in [-0.3, -0.25) is 0 Å². The molecule has 0 radical (unpaired) electrons. The molecular formula is C20H33NO4. The van der Waals surface area contributed by atoms with Crippen LogP contribution in [0.5, 0.6) is 5.75 Å². The molecule has 142 valence electrons. The fourth-order valence-corrected chi connectivity index (χ4v) is 2.90. The van der Waals surface area contributed by atoms with Crippen molar-refractivity contribution in [2.24, 2.45) is 0 Å². The van der Waals surface area contributed by atoms with Crippen molar-refractivity contribution < 1.29 is 18.9 Å². The molecule has 1 aliphatic heterocycles. The van der Waals surface area contributed by atoms with E-state index in [1.165, 1.54) is 18.4 Å². The third-order valence-electron chi connectivity index (χ3n) is 4.28. The quantitative estimate of drug-likeness (QED) is 0.554. The van der Waals surface area contributed by atoms with Crippen molar-refractivity contribution in [1.82, 2.24) is 5.32 Å². The van der Waals surface area contributed by atoms with Gasteiger partial charge in [0, 0.05) is 6.61 Å². The summed E-state index contributed by atoms with van der Waals surface area (Å²) < 4.78 is 22.0. The zero-order valence-corrected chi connectivity index (χ0v) is 15.5. The van der Waals surface area contributed by atoms with E-state index in [0.717, 1.165) is 31.9 Å². The Hall–Kier alpha value is -1.14. The van der Waals surface area contributed by atoms with Gasteiger partial charge in [-0.1, -0.05) is 19.1 Å². The van der Waals surface area contributed by atoms with Crippen molar-refractivity contribution in [3.8, 4) is 5.75 Å². The molecule has 0 aliphatic carbocycles. The van der Waals surface area contributed by atoms with Crippen LogP contribution in [0.4, 0.5) is 0 Å². The summed E-state index contributed by atoms with van der Waals surface area (Å²) in [7, 11) is 0. The van der Waals surface area contributed by atoms with Crippen LogP contribution in [0.1, 0.15) is 37.7 Å². The molecule has 0 spiro atoms. The topological polar surface area (TPSA) is 49.0 Å². The predicted molar refractivity (Wildman–Crippen MR) is 99.5 cm³/mol. The Kier molecular flexibility index (Phi) is 10.6. The number of ether oxygens (including phenoxy) is 4. The van der Waals surface area contributed by atoms with E-state index in [1.807, 2.05) is 0 Å². The van der Waals surface area contributed by atoms with Crippen LogP contribution >= 0.6 is 0 Å². The lowest BCUT2D eigenvalue weighted by Crippen LogP contribution is -2.26. The maximum Gasteiger partial charge on any atom is 0.119 e. The zero-order chi connectivity index (χ0) is 17.6. The molecule has 1 saturated heterocycles. The zero-order valence-electron chi connectivity index (χ0n) is 15.5. The lowest BCUT2D eigenvalue weighted by molar-refractivity contribution is 0.00945. The molecule has 1 N–H and O–H groups in total. The van der Waals surface area contributed by atoms with Gasteiger partial charge in [-0.15, -0.1) is 0 Å². The van der Waals surface area contributed by atoms with Gasteiger partial charge < -0.3 is 24.3 Å². The highest BCUT2D eigenvalue weighted by molar-refractivity contribution is 5.29. The lowest BCUT2D eigenvalue weighted by Gasteiger charge is -2.23. The van der Waals surface area contributed by atoms with Gasteiger partial charge in [-0.2, -0.15) is 0 Å². The molecule has 5 heteroatoms. The fraction of sp³-hybridized carbons (Fsp3) is 0.700. The average molecular weight is 351 g/mol. The average Bonchev–Trinajstić information content (AvgIpc) is 2.67. The number of rotatable bonds is 13. The summed E-state index contributed by atoms with van der Waals surface area (Å²) in [6.07, 6.45) is 3.49. The predicted octanol–water partition coefficient (Wildman–Crippen LogP) is 2.99. The maximum absolute atomic E-state index is 5.72. The Morgan fingerprint density at radius 1 is 0.800 bits per heavy atom. The van der Waals surface area contributed by atoms with Crippen molar-refractivity contribution in [1.29, 1.82) is 0 Å². The van der Waals surface area contributed by atoms with Crippen LogP contribution in [0.2, 0.25) is 0 Å². The molecule has 0 aromatic heterocycles. The normalized spacial score (nSPS) is 15.4. The highest BCUT2D eigenvalue weighted by Crippen LogP contribution is 2.26. The standard InChI is InChI=1S/C20H33NO4/c1-2-11-22-12-13-23-14-15-24-16-17-25-20-5-3-18(4-6-20)19-7-9-21-10-8-19/h3-6,19,21H,2,7-17H2,1H3. The fourth-order valence-electron chi connectivity index (χ4n) is 2.90. The van der Waals surface area contributed by atoms with E-state index < -0.39 is 0 Å². The highest BCUT2D eigenvalue weighted by atomic mass is 16.6. The van der Waals surface area contributed by atoms with Crippen LogP contribution in [0.3, 0.4) is 0 Å². The summed E-state index contributed by atoms with van der Waals surface area (Å²) in [4.78, 5) is 0. The number of benzene rings is 1. The SMILES string of the molecule is CCCOCCOCCOCCOc1ccc(C2CCNCC2)cc1. The molecule has 0 atom stereocenters. The van der Waals surface area contributed by atoms with Gasteiger partial charge in [-0.05, 0) is 56.0 Å². The van der Waals surface area contributed by atoms with Gasteiger partial charge in [0.15, 0.2) is 0 Å². The molecule has 1 aromatic rings. The van der Waals surface area contributed by atoms with Gasteiger partial charge >= 0.3 is 0 Å². The second-order valence-corrected chi connectivity index (χ2v) is 6.28. The molecule has 0 amide bonds. The summed E-state index contributed by atoms with van der Waals surface area (Å²) in [5, 5.41) is 3.41. The van der Waals surface area contributed by atoms with E-state index in [4.69, 9.17) is 18.9 Å². The van der Waals surface area contributed by atoms with Gasteiger partial charge in [0.25, 0.3) is 0 Å². The summed E-state index contributed by atoms with van der Waals surface area (Å²) in [6, 6.07) is 8.52. The summed E-state index contributed by atoms with van der Waals surface area (Å²) in [5.74, 6) is 1.59. The number of piperidine rings is 1. The third-order valence-corrected chi connectivity index (χ3v) is 4.28. The van der Waals surface area contributed by atoms with E-state index in [9.17, 15) is 0 Å². The Bertz CT molecular complexity index is 432. The first kappa shape index (κ1) is 20.2. The minimum atomic E-state index is 0.562. The van der Waals surface area contributed by atoms with Crippen molar-refractivity contribution in [3.63, 3.8) is 0 Å². The molecule has 0 bridgehead atoms. The molecule has 1 heterocycles. The van der Waals surface area contributed by atoms with Crippen LogP contribution in [0.25, 0.3) is 0 Å². The Balaban J connectivity index is 1.46. The first-order chi connectivity index (χ1) is 12.4. The molecule has 25 heavy (non-hydrogen) atoms. The molecule has 0 saturated carbocycles. The molecule has 1 aliphatic rings. The van der Waals surface area contributed by atoms with Gasteiger partial charge in [-0.25, -0.2) is 0 Å².